The first-order valence-corrected chi connectivity index (χ1v) is 5.95. The maximum Gasteiger partial charge on any atom is 0.0967 e. The van der Waals surface area contributed by atoms with Crippen molar-refractivity contribution in [1.82, 2.24) is 19.9 Å². The van der Waals surface area contributed by atoms with Crippen LogP contribution in [0.2, 0.25) is 0 Å². The molecule has 0 saturated heterocycles. The average Bonchev–Trinajstić information content (AvgIpc) is 2.80. The first-order valence-electron chi connectivity index (χ1n) is 5.95. The van der Waals surface area contributed by atoms with Crippen LogP contribution in [0.3, 0.4) is 0 Å². The Hall–Kier alpha value is -1.63. The number of rotatable bonds is 9. The predicted octanol–water partition coefficient (Wildman–Crippen LogP) is 0.793. The van der Waals surface area contributed by atoms with Crippen molar-refractivity contribution in [1.29, 1.82) is 0 Å². The first-order chi connectivity index (χ1) is 8.76. The minimum atomic E-state index is 0.161. The van der Waals surface area contributed by atoms with E-state index in [0.29, 0.717) is 19.5 Å². The summed E-state index contributed by atoms with van der Waals surface area (Å²) in [6.45, 7) is 2.93. The molecule has 0 aliphatic heterocycles. The minimum Gasteiger partial charge on any atom is -0.396 e. The van der Waals surface area contributed by atoms with Gasteiger partial charge >= 0.3 is 0 Å². The second-order valence-corrected chi connectivity index (χ2v) is 4.10. The van der Waals surface area contributed by atoms with E-state index in [-0.39, 0.29) is 6.61 Å². The summed E-state index contributed by atoms with van der Waals surface area (Å²) in [7, 11) is 1.99. The van der Waals surface area contributed by atoms with Gasteiger partial charge in [-0.3, -0.25) is 4.68 Å². The summed E-state index contributed by atoms with van der Waals surface area (Å²) in [5.41, 5.74) is 9.05. The Labute approximate surface area is 106 Å². The van der Waals surface area contributed by atoms with Crippen molar-refractivity contribution in [2.75, 3.05) is 26.7 Å². The van der Waals surface area contributed by atoms with Crippen LogP contribution in [0.5, 0.6) is 0 Å². The molecule has 0 bridgehead atoms. The smallest absolute Gasteiger partial charge is 0.0967 e. The van der Waals surface area contributed by atoms with Gasteiger partial charge in [0.15, 0.2) is 0 Å². The van der Waals surface area contributed by atoms with Crippen molar-refractivity contribution in [2.45, 2.75) is 25.9 Å². The molecule has 8 nitrogen and oxygen atoms in total. The van der Waals surface area contributed by atoms with Crippen LogP contribution in [0, 0.1) is 0 Å². The molecule has 0 aromatic carbocycles. The fraction of sp³-hybridized carbons (Fsp3) is 0.800. The van der Waals surface area contributed by atoms with Crippen molar-refractivity contribution in [3.8, 4) is 0 Å². The van der Waals surface area contributed by atoms with Gasteiger partial charge in [0.1, 0.15) is 0 Å². The van der Waals surface area contributed by atoms with Crippen molar-refractivity contribution in [3.63, 3.8) is 0 Å². The van der Waals surface area contributed by atoms with E-state index < -0.39 is 0 Å². The summed E-state index contributed by atoms with van der Waals surface area (Å²) >= 11 is 0. The lowest BCUT2D eigenvalue weighted by atomic mass is 10.3. The molecular weight excluding hydrogens is 234 g/mol. The van der Waals surface area contributed by atoms with E-state index in [4.69, 9.17) is 10.6 Å². The zero-order chi connectivity index (χ0) is 13.2. The largest absolute Gasteiger partial charge is 0.396 e. The molecule has 1 N–H and O–H groups in total. The fourth-order valence-electron chi connectivity index (χ4n) is 1.56. The van der Waals surface area contributed by atoms with E-state index in [0.717, 1.165) is 25.2 Å². The third-order valence-electron chi connectivity index (χ3n) is 2.42. The normalized spacial score (nSPS) is 10.6. The minimum absolute atomic E-state index is 0.161. The molecule has 1 aromatic heterocycles. The highest BCUT2D eigenvalue weighted by molar-refractivity contribution is 4.91. The van der Waals surface area contributed by atoms with Crippen molar-refractivity contribution < 1.29 is 5.11 Å². The number of nitrogens with zero attached hydrogens (tertiary/aromatic N) is 7. The van der Waals surface area contributed by atoms with Gasteiger partial charge in [0.2, 0.25) is 0 Å². The fourth-order valence-corrected chi connectivity index (χ4v) is 1.56. The number of aryl methyl sites for hydroxylation is 1. The Morgan fingerprint density at radius 2 is 2.39 bits per heavy atom. The molecule has 1 heterocycles. The summed E-state index contributed by atoms with van der Waals surface area (Å²) < 4.78 is 1.74. The molecule has 18 heavy (non-hydrogen) atoms. The quantitative estimate of drug-likeness (QED) is 0.304. The third-order valence-corrected chi connectivity index (χ3v) is 2.42. The van der Waals surface area contributed by atoms with Crippen LogP contribution in [-0.4, -0.2) is 51.7 Å². The Kier molecular flexibility index (Phi) is 6.78. The number of aliphatic hydroxyl groups excluding tert-OH is 1. The van der Waals surface area contributed by atoms with Crippen LogP contribution >= 0.6 is 0 Å². The molecular formula is C10H19N7O. The lowest BCUT2D eigenvalue weighted by Crippen LogP contribution is -2.19. The molecule has 0 unspecified atom stereocenters. The lowest BCUT2D eigenvalue weighted by molar-refractivity contribution is 0.276. The van der Waals surface area contributed by atoms with Crippen LogP contribution < -0.4 is 0 Å². The topological polar surface area (TPSA) is 103 Å². The van der Waals surface area contributed by atoms with E-state index in [9.17, 15) is 0 Å². The molecule has 0 amide bonds. The van der Waals surface area contributed by atoms with E-state index in [2.05, 4.69) is 25.2 Å². The summed E-state index contributed by atoms with van der Waals surface area (Å²) in [6, 6.07) is 0. The molecule has 1 rings (SSSR count). The standard InChI is InChI=1S/C10H19N7O/c1-16(5-2-4-12-14-11)8-10-9-17(15-13-10)6-3-7-18/h9,18H,2-8H2,1H3. The lowest BCUT2D eigenvalue weighted by Gasteiger charge is -2.13. The van der Waals surface area contributed by atoms with Gasteiger partial charge in [-0.05, 0) is 32.0 Å². The Morgan fingerprint density at radius 1 is 1.56 bits per heavy atom. The highest BCUT2D eigenvalue weighted by Gasteiger charge is 2.04. The van der Waals surface area contributed by atoms with E-state index in [1.807, 2.05) is 13.2 Å². The number of hydrogen-bond donors (Lipinski definition) is 1. The summed E-state index contributed by atoms with van der Waals surface area (Å²) in [4.78, 5) is 4.81. The number of hydrogen-bond acceptors (Lipinski definition) is 5. The molecule has 0 spiro atoms. The molecule has 8 heteroatoms. The van der Waals surface area contributed by atoms with Gasteiger partial charge in [0.25, 0.3) is 0 Å². The van der Waals surface area contributed by atoms with Gasteiger partial charge in [-0.15, -0.1) is 5.10 Å². The maximum absolute atomic E-state index is 8.72. The van der Waals surface area contributed by atoms with Crippen molar-refractivity contribution in [3.05, 3.63) is 22.3 Å². The Morgan fingerprint density at radius 3 is 3.11 bits per heavy atom. The Balaban J connectivity index is 2.28. The second kappa shape index (κ2) is 8.46. The molecule has 0 radical (unpaired) electrons. The first kappa shape index (κ1) is 14.4. The molecule has 0 aliphatic carbocycles. The average molecular weight is 253 g/mol. The molecule has 0 fully saturated rings. The zero-order valence-electron chi connectivity index (χ0n) is 10.6. The molecule has 100 valence electrons. The highest BCUT2D eigenvalue weighted by Crippen LogP contribution is 2.00. The van der Waals surface area contributed by atoms with Crippen LogP contribution in [0.25, 0.3) is 10.4 Å². The van der Waals surface area contributed by atoms with Gasteiger partial charge in [-0.25, -0.2) is 0 Å². The van der Waals surface area contributed by atoms with Crippen LogP contribution in [0.1, 0.15) is 18.5 Å². The summed E-state index contributed by atoms with van der Waals surface area (Å²) in [6.07, 6.45) is 3.41. The van der Waals surface area contributed by atoms with Crippen LogP contribution in [-0.2, 0) is 13.1 Å². The second-order valence-electron chi connectivity index (χ2n) is 4.10. The van der Waals surface area contributed by atoms with E-state index in [1.54, 1.807) is 4.68 Å². The van der Waals surface area contributed by atoms with Gasteiger partial charge in [-0.1, -0.05) is 10.3 Å². The van der Waals surface area contributed by atoms with E-state index >= 15 is 0 Å². The molecule has 0 aliphatic rings. The van der Waals surface area contributed by atoms with Gasteiger partial charge < -0.3 is 10.0 Å². The molecule has 0 saturated carbocycles. The Bertz CT molecular complexity index is 385. The zero-order valence-corrected chi connectivity index (χ0v) is 10.6. The molecule has 1 aromatic rings. The summed E-state index contributed by atoms with van der Waals surface area (Å²) in [5, 5.41) is 20.2. The monoisotopic (exact) mass is 253 g/mol. The SMILES string of the molecule is CN(CCCN=[N+]=[N-])Cc1cn(CCCO)nn1. The maximum atomic E-state index is 8.72. The van der Waals surface area contributed by atoms with Crippen molar-refractivity contribution >= 4 is 0 Å². The van der Waals surface area contributed by atoms with Crippen LogP contribution in [0.15, 0.2) is 11.3 Å². The van der Waals surface area contributed by atoms with E-state index in [1.165, 1.54) is 0 Å². The number of aliphatic hydroxyl groups is 1. The van der Waals surface area contributed by atoms with Crippen LogP contribution in [0.4, 0.5) is 0 Å². The van der Waals surface area contributed by atoms with Gasteiger partial charge in [-0.2, -0.15) is 0 Å². The highest BCUT2D eigenvalue weighted by atomic mass is 16.3. The predicted molar refractivity (Wildman–Crippen MR) is 66.7 cm³/mol. The van der Waals surface area contributed by atoms with Gasteiger partial charge in [0.05, 0.1) is 5.69 Å². The third kappa shape index (κ3) is 5.62. The molecule has 0 atom stereocenters. The number of aromatic nitrogens is 3. The van der Waals surface area contributed by atoms with Crippen molar-refractivity contribution in [2.24, 2.45) is 5.11 Å². The number of azide groups is 1. The summed E-state index contributed by atoms with van der Waals surface area (Å²) in [5.74, 6) is 0. The van der Waals surface area contributed by atoms with Gasteiger partial charge in [0, 0.05) is 37.3 Å².